The van der Waals surface area contributed by atoms with Crippen molar-refractivity contribution < 1.29 is 14.0 Å². The minimum Gasteiger partial charge on any atom is -0.334 e. The summed E-state index contributed by atoms with van der Waals surface area (Å²) in [5.41, 5.74) is 1.15. The second-order valence-corrected chi connectivity index (χ2v) is 5.71. The number of carbonyl (C=O) groups is 2. The van der Waals surface area contributed by atoms with Gasteiger partial charge in [-0.3, -0.25) is 9.59 Å². The van der Waals surface area contributed by atoms with E-state index in [2.05, 4.69) is 26.6 Å². The van der Waals surface area contributed by atoms with Gasteiger partial charge in [-0.2, -0.15) is 0 Å². The van der Waals surface area contributed by atoms with Crippen LogP contribution in [0.1, 0.15) is 5.56 Å². The van der Waals surface area contributed by atoms with Gasteiger partial charge in [0.1, 0.15) is 11.9 Å². The van der Waals surface area contributed by atoms with Crippen molar-refractivity contribution >= 4 is 44.5 Å². The molecule has 2 N–H and O–H groups in total. The molecule has 1 aromatic carbocycles. The number of rotatable bonds is 2. The highest BCUT2D eigenvalue weighted by Gasteiger charge is 2.28. The molecule has 96 valence electrons. The summed E-state index contributed by atoms with van der Waals surface area (Å²) in [6, 6.07) is 2.28. The Morgan fingerprint density at radius 3 is 2.94 bits per heavy atom. The van der Waals surface area contributed by atoms with E-state index < -0.39 is 11.9 Å². The van der Waals surface area contributed by atoms with Crippen LogP contribution in [-0.4, -0.2) is 22.9 Å². The molecule has 1 atom stereocenters. The molecule has 2 rings (SSSR count). The second-order valence-electron chi connectivity index (χ2n) is 3.87. The van der Waals surface area contributed by atoms with Crippen molar-refractivity contribution in [1.29, 1.82) is 0 Å². The van der Waals surface area contributed by atoms with Crippen LogP contribution in [-0.2, 0) is 4.79 Å². The van der Waals surface area contributed by atoms with Gasteiger partial charge in [0.25, 0.3) is 5.24 Å². The highest BCUT2D eigenvalue weighted by molar-refractivity contribution is 9.10. The monoisotopic (exact) mass is 332 g/mol. The fourth-order valence-electron chi connectivity index (χ4n) is 1.53. The number of aryl methyl sites for hydroxylation is 1. The minimum atomic E-state index is -0.561. The molecule has 1 aliphatic heterocycles. The molecule has 2 amide bonds. The van der Waals surface area contributed by atoms with E-state index in [1.807, 2.05) is 0 Å². The van der Waals surface area contributed by atoms with Crippen LogP contribution >= 0.6 is 27.7 Å². The van der Waals surface area contributed by atoms with Crippen molar-refractivity contribution in [2.75, 3.05) is 11.1 Å². The maximum atomic E-state index is 13.4. The average molecular weight is 333 g/mol. The van der Waals surface area contributed by atoms with Crippen molar-refractivity contribution in [2.24, 2.45) is 0 Å². The van der Waals surface area contributed by atoms with Crippen LogP contribution in [0, 0.1) is 12.7 Å². The van der Waals surface area contributed by atoms with E-state index in [9.17, 15) is 14.0 Å². The topological polar surface area (TPSA) is 58.2 Å². The Balaban J connectivity index is 2.12. The van der Waals surface area contributed by atoms with Gasteiger partial charge in [0.2, 0.25) is 5.91 Å². The van der Waals surface area contributed by atoms with Crippen molar-refractivity contribution in [3.8, 4) is 0 Å². The summed E-state index contributed by atoms with van der Waals surface area (Å²) < 4.78 is 13.7. The lowest BCUT2D eigenvalue weighted by molar-refractivity contribution is -0.117. The molecule has 1 fully saturated rings. The minimum absolute atomic E-state index is 0.214. The standard InChI is InChI=1S/C11H10BrFN2O2S/c1-5-2-6(12)7(13)3-8(5)14-10(16)9-4-18-11(17)15-9/h2-3,9H,4H2,1H3,(H,14,16)(H,15,17). The quantitative estimate of drug-likeness (QED) is 0.875. The molecule has 4 nitrogen and oxygen atoms in total. The molecule has 0 spiro atoms. The number of amides is 2. The highest BCUT2D eigenvalue weighted by atomic mass is 79.9. The lowest BCUT2D eigenvalue weighted by Crippen LogP contribution is -2.38. The van der Waals surface area contributed by atoms with Crippen LogP contribution in [0.15, 0.2) is 16.6 Å². The summed E-state index contributed by atoms with van der Waals surface area (Å²) in [5, 5.41) is 4.93. The summed E-state index contributed by atoms with van der Waals surface area (Å²) in [6.07, 6.45) is 0. The molecule has 1 heterocycles. The van der Waals surface area contributed by atoms with Crippen LogP contribution in [0.5, 0.6) is 0 Å². The van der Waals surface area contributed by atoms with E-state index in [4.69, 9.17) is 0 Å². The molecular formula is C11H10BrFN2O2S. The summed E-state index contributed by atoms with van der Waals surface area (Å²) in [6.45, 7) is 1.77. The van der Waals surface area contributed by atoms with E-state index in [1.54, 1.807) is 13.0 Å². The van der Waals surface area contributed by atoms with Gasteiger partial charge in [-0.1, -0.05) is 11.8 Å². The molecule has 0 aromatic heterocycles. The number of hydrogen-bond donors (Lipinski definition) is 2. The Morgan fingerprint density at radius 1 is 1.61 bits per heavy atom. The molecule has 1 aliphatic rings. The van der Waals surface area contributed by atoms with Crippen LogP contribution in [0.3, 0.4) is 0 Å². The predicted molar refractivity (Wildman–Crippen MR) is 72.2 cm³/mol. The van der Waals surface area contributed by atoms with E-state index in [0.29, 0.717) is 15.9 Å². The van der Waals surface area contributed by atoms with Gasteiger partial charge in [-0.05, 0) is 40.5 Å². The van der Waals surface area contributed by atoms with E-state index in [1.165, 1.54) is 6.07 Å². The van der Waals surface area contributed by atoms with E-state index >= 15 is 0 Å². The van der Waals surface area contributed by atoms with E-state index in [0.717, 1.165) is 17.3 Å². The third kappa shape index (κ3) is 2.84. The van der Waals surface area contributed by atoms with Gasteiger partial charge in [0.05, 0.1) is 4.47 Å². The van der Waals surface area contributed by atoms with Gasteiger partial charge >= 0.3 is 0 Å². The largest absolute Gasteiger partial charge is 0.334 e. The lowest BCUT2D eigenvalue weighted by atomic mass is 10.2. The first kappa shape index (κ1) is 13.4. The SMILES string of the molecule is Cc1cc(Br)c(F)cc1NC(=O)C1CSC(=O)N1. The Kier molecular flexibility index (Phi) is 3.91. The zero-order chi connectivity index (χ0) is 13.3. The molecule has 18 heavy (non-hydrogen) atoms. The van der Waals surface area contributed by atoms with Crippen LogP contribution in [0.2, 0.25) is 0 Å². The molecule has 0 radical (unpaired) electrons. The van der Waals surface area contributed by atoms with Crippen LogP contribution in [0.25, 0.3) is 0 Å². The third-order valence-corrected chi connectivity index (χ3v) is 4.00. The number of carbonyl (C=O) groups excluding carboxylic acids is 2. The molecule has 7 heteroatoms. The fourth-order valence-corrected chi connectivity index (χ4v) is 2.76. The van der Waals surface area contributed by atoms with Gasteiger partial charge in [0, 0.05) is 11.4 Å². The first-order chi connectivity index (χ1) is 8.47. The van der Waals surface area contributed by atoms with Gasteiger partial charge in [-0.25, -0.2) is 4.39 Å². The lowest BCUT2D eigenvalue weighted by Gasteiger charge is -2.12. The molecule has 0 saturated carbocycles. The first-order valence-electron chi connectivity index (χ1n) is 5.17. The third-order valence-electron chi connectivity index (χ3n) is 2.51. The first-order valence-corrected chi connectivity index (χ1v) is 6.95. The second kappa shape index (κ2) is 5.27. The highest BCUT2D eigenvalue weighted by Crippen LogP contribution is 2.24. The van der Waals surface area contributed by atoms with Crippen LogP contribution < -0.4 is 10.6 Å². The Morgan fingerprint density at radius 2 is 2.33 bits per heavy atom. The van der Waals surface area contributed by atoms with Crippen molar-refractivity contribution in [2.45, 2.75) is 13.0 Å². The van der Waals surface area contributed by atoms with E-state index in [-0.39, 0.29) is 11.1 Å². The van der Waals surface area contributed by atoms with Crippen molar-refractivity contribution in [3.05, 3.63) is 28.0 Å². The smallest absolute Gasteiger partial charge is 0.279 e. The number of benzene rings is 1. The maximum absolute atomic E-state index is 13.4. The summed E-state index contributed by atoms with van der Waals surface area (Å²) >= 11 is 4.13. The van der Waals surface area contributed by atoms with Crippen molar-refractivity contribution in [3.63, 3.8) is 0 Å². The Hall–Kier alpha value is -1.08. The molecule has 0 bridgehead atoms. The Bertz CT molecular complexity index is 524. The fraction of sp³-hybridized carbons (Fsp3) is 0.273. The molecular weight excluding hydrogens is 323 g/mol. The number of anilines is 1. The molecule has 1 saturated heterocycles. The maximum Gasteiger partial charge on any atom is 0.279 e. The Labute approximate surface area is 116 Å². The number of nitrogens with one attached hydrogen (secondary N) is 2. The molecule has 0 aliphatic carbocycles. The average Bonchev–Trinajstić information content (AvgIpc) is 2.73. The predicted octanol–water partition coefficient (Wildman–Crippen LogP) is 2.66. The van der Waals surface area contributed by atoms with Crippen LogP contribution in [0.4, 0.5) is 14.9 Å². The zero-order valence-electron chi connectivity index (χ0n) is 9.42. The normalized spacial score (nSPS) is 18.6. The number of halogens is 2. The van der Waals surface area contributed by atoms with Gasteiger partial charge < -0.3 is 10.6 Å². The van der Waals surface area contributed by atoms with Crippen molar-refractivity contribution in [1.82, 2.24) is 5.32 Å². The van der Waals surface area contributed by atoms with Gasteiger partial charge in [0.15, 0.2) is 0 Å². The summed E-state index contributed by atoms with van der Waals surface area (Å²) in [5.74, 6) is -0.387. The zero-order valence-corrected chi connectivity index (χ0v) is 11.8. The summed E-state index contributed by atoms with van der Waals surface area (Å²) in [4.78, 5) is 22.8. The molecule has 1 aromatic rings. The number of thioether (sulfide) groups is 1. The summed E-state index contributed by atoms with van der Waals surface area (Å²) in [7, 11) is 0. The van der Waals surface area contributed by atoms with Gasteiger partial charge in [-0.15, -0.1) is 0 Å². The molecule has 1 unspecified atom stereocenters. The number of hydrogen-bond acceptors (Lipinski definition) is 3.